The number of benzene rings is 1. The predicted molar refractivity (Wildman–Crippen MR) is 36.3 cm³/mol. The van der Waals surface area contributed by atoms with Crippen LogP contribution in [-0.2, 0) is 0 Å². The van der Waals surface area contributed by atoms with Gasteiger partial charge < -0.3 is 0 Å². The third-order valence-electron chi connectivity index (χ3n) is 1.08. The van der Waals surface area contributed by atoms with Gasteiger partial charge in [0, 0.05) is 6.07 Å². The van der Waals surface area contributed by atoms with Crippen LogP contribution in [0.25, 0.3) is 11.0 Å². The lowest BCUT2D eigenvalue weighted by Gasteiger charge is -1.77. The highest BCUT2D eigenvalue weighted by molar-refractivity contribution is 7.00. The molecule has 0 aliphatic carbocycles. The van der Waals surface area contributed by atoms with Crippen molar-refractivity contribution in [3.05, 3.63) is 24.3 Å². The van der Waals surface area contributed by atoms with Crippen molar-refractivity contribution in [3.8, 4) is 0 Å². The van der Waals surface area contributed by atoms with Gasteiger partial charge >= 0.3 is 0 Å². The molecule has 1 aromatic carbocycles. The third kappa shape index (κ3) is 0.695. The highest BCUT2D eigenvalue weighted by Crippen LogP contribution is 2.07. The van der Waals surface area contributed by atoms with Crippen molar-refractivity contribution in [2.75, 3.05) is 0 Å². The largest absolute Gasteiger partial charge is 0.173 e. The van der Waals surface area contributed by atoms with Crippen LogP contribution in [0.4, 0.5) is 0 Å². The summed E-state index contributed by atoms with van der Waals surface area (Å²) in [7, 11) is 0. The molecule has 3 heteroatoms. The van der Waals surface area contributed by atoms with E-state index in [-0.39, 0.29) is 0 Å². The van der Waals surface area contributed by atoms with Crippen LogP contribution >= 0.6 is 11.7 Å². The van der Waals surface area contributed by atoms with Gasteiger partial charge in [0.1, 0.15) is 11.0 Å². The molecule has 2 rings (SSSR count). The fraction of sp³-hybridized carbons (Fsp3) is 0. The van der Waals surface area contributed by atoms with Crippen molar-refractivity contribution in [1.82, 2.24) is 8.75 Å². The van der Waals surface area contributed by atoms with Gasteiger partial charge in [0.05, 0.1) is 11.7 Å². The van der Waals surface area contributed by atoms with Gasteiger partial charge in [-0.3, -0.25) is 0 Å². The quantitative estimate of drug-likeness (QED) is 0.547. The van der Waals surface area contributed by atoms with E-state index in [0.29, 0.717) is 0 Å². The topological polar surface area (TPSA) is 25.8 Å². The Morgan fingerprint density at radius 3 is 3.33 bits per heavy atom. The van der Waals surface area contributed by atoms with Gasteiger partial charge in [-0.1, -0.05) is 12.1 Å². The number of hydrogen-bond acceptors (Lipinski definition) is 3. The van der Waals surface area contributed by atoms with Gasteiger partial charge in [0.15, 0.2) is 0 Å². The van der Waals surface area contributed by atoms with Crippen molar-refractivity contribution >= 4 is 22.8 Å². The van der Waals surface area contributed by atoms with Gasteiger partial charge in [-0.25, -0.2) is 0 Å². The molecule has 1 radical (unpaired) electrons. The monoisotopic (exact) mass is 135 g/mol. The van der Waals surface area contributed by atoms with Crippen LogP contribution in [-0.4, -0.2) is 8.75 Å². The predicted octanol–water partition coefficient (Wildman–Crippen LogP) is 1.49. The van der Waals surface area contributed by atoms with Crippen LogP contribution in [0.3, 0.4) is 0 Å². The van der Waals surface area contributed by atoms with Crippen molar-refractivity contribution in [2.24, 2.45) is 0 Å². The molecular formula is C6H3N2S. The summed E-state index contributed by atoms with van der Waals surface area (Å²) in [5.74, 6) is 0. The van der Waals surface area contributed by atoms with E-state index in [2.05, 4.69) is 14.8 Å². The number of hydrogen-bond donors (Lipinski definition) is 0. The highest BCUT2D eigenvalue weighted by atomic mass is 32.1. The van der Waals surface area contributed by atoms with Crippen molar-refractivity contribution in [3.63, 3.8) is 0 Å². The highest BCUT2D eigenvalue weighted by Gasteiger charge is 1.92. The summed E-state index contributed by atoms with van der Waals surface area (Å²) in [5.41, 5.74) is 1.80. The van der Waals surface area contributed by atoms with Gasteiger partial charge in [0.25, 0.3) is 0 Å². The summed E-state index contributed by atoms with van der Waals surface area (Å²) < 4.78 is 8.01. The lowest BCUT2D eigenvalue weighted by Crippen LogP contribution is -1.64. The maximum Gasteiger partial charge on any atom is 0.112 e. The summed E-state index contributed by atoms with van der Waals surface area (Å²) in [4.78, 5) is 0. The van der Waals surface area contributed by atoms with E-state index in [1.54, 1.807) is 0 Å². The van der Waals surface area contributed by atoms with Crippen LogP contribution < -0.4 is 0 Å². The molecule has 0 atom stereocenters. The molecule has 0 saturated carbocycles. The van der Waals surface area contributed by atoms with Gasteiger partial charge in [-0.15, -0.1) is 0 Å². The number of rotatable bonds is 0. The van der Waals surface area contributed by atoms with E-state index < -0.39 is 0 Å². The summed E-state index contributed by atoms with van der Waals surface area (Å²) in [6, 6.07) is 8.64. The molecule has 1 aromatic heterocycles. The first-order chi connectivity index (χ1) is 4.47. The Balaban J connectivity index is 2.95. The second kappa shape index (κ2) is 1.77. The van der Waals surface area contributed by atoms with E-state index >= 15 is 0 Å². The van der Waals surface area contributed by atoms with Crippen LogP contribution in [0.1, 0.15) is 0 Å². The smallest absolute Gasteiger partial charge is 0.112 e. The van der Waals surface area contributed by atoms with Crippen molar-refractivity contribution in [2.45, 2.75) is 0 Å². The van der Waals surface area contributed by atoms with Crippen molar-refractivity contribution < 1.29 is 0 Å². The first kappa shape index (κ1) is 4.88. The molecule has 0 amide bonds. The molecule has 9 heavy (non-hydrogen) atoms. The molecule has 0 aliphatic heterocycles. The Labute approximate surface area is 56.5 Å². The maximum absolute atomic E-state index is 4.02. The molecule has 0 N–H and O–H groups in total. The molecule has 2 aromatic rings. The van der Waals surface area contributed by atoms with E-state index in [4.69, 9.17) is 0 Å². The Bertz CT molecular complexity index is 285. The molecule has 0 aliphatic rings. The van der Waals surface area contributed by atoms with Gasteiger partial charge in [0.2, 0.25) is 0 Å². The second-order valence-corrected chi connectivity index (χ2v) is 2.20. The fourth-order valence-corrected chi connectivity index (χ4v) is 1.18. The lowest BCUT2D eigenvalue weighted by atomic mass is 10.3. The molecule has 0 bridgehead atoms. The summed E-state index contributed by atoms with van der Waals surface area (Å²) in [6.45, 7) is 0. The molecule has 0 saturated heterocycles. The van der Waals surface area contributed by atoms with E-state index in [9.17, 15) is 0 Å². The zero-order valence-electron chi connectivity index (χ0n) is 4.53. The molecule has 1 heterocycles. The molecule has 0 fully saturated rings. The number of fused-ring (bicyclic) bond motifs is 1. The average Bonchev–Trinajstić information content (AvgIpc) is 2.33. The molecular weight excluding hydrogens is 132 g/mol. The minimum atomic E-state index is 0.863. The van der Waals surface area contributed by atoms with E-state index in [1.165, 1.54) is 11.7 Å². The molecule has 0 spiro atoms. The number of aromatic nitrogens is 2. The summed E-state index contributed by atoms with van der Waals surface area (Å²) in [5, 5.41) is 0. The Kier molecular flexibility index (Phi) is 0.960. The minimum Gasteiger partial charge on any atom is -0.173 e. The zero-order valence-corrected chi connectivity index (χ0v) is 5.35. The lowest BCUT2D eigenvalue weighted by molar-refractivity contribution is 1.63. The number of nitrogens with zero attached hydrogens (tertiary/aromatic N) is 2. The second-order valence-electron chi connectivity index (χ2n) is 1.67. The zero-order chi connectivity index (χ0) is 6.10. The van der Waals surface area contributed by atoms with Crippen LogP contribution in [0, 0.1) is 6.07 Å². The normalized spacial score (nSPS) is 10.2. The molecule has 43 valence electrons. The van der Waals surface area contributed by atoms with Crippen molar-refractivity contribution in [1.29, 1.82) is 0 Å². The van der Waals surface area contributed by atoms with Crippen LogP contribution in [0.5, 0.6) is 0 Å². The minimum absolute atomic E-state index is 0.863. The Morgan fingerprint density at radius 1 is 1.44 bits per heavy atom. The van der Waals surface area contributed by atoms with E-state index in [0.717, 1.165) is 11.0 Å². The van der Waals surface area contributed by atoms with Gasteiger partial charge in [-0.2, -0.15) is 8.75 Å². The third-order valence-corrected chi connectivity index (χ3v) is 1.63. The van der Waals surface area contributed by atoms with Gasteiger partial charge in [-0.05, 0) is 6.07 Å². The summed E-state index contributed by atoms with van der Waals surface area (Å²) in [6.07, 6.45) is 0. The van der Waals surface area contributed by atoms with E-state index in [1.807, 2.05) is 18.2 Å². The molecule has 0 unspecified atom stereocenters. The molecule has 2 nitrogen and oxygen atoms in total. The standard InChI is InChI=1S/C6H3N2S/c1-2-4-6-5(3-1)7-9-8-6/h1-3H. The fourth-order valence-electron chi connectivity index (χ4n) is 0.671. The average molecular weight is 135 g/mol. The Hall–Kier alpha value is -0.960. The van der Waals surface area contributed by atoms with Crippen LogP contribution in [0.2, 0.25) is 0 Å². The van der Waals surface area contributed by atoms with Crippen LogP contribution in [0.15, 0.2) is 18.2 Å². The first-order valence-electron chi connectivity index (χ1n) is 2.56. The Morgan fingerprint density at radius 2 is 2.44 bits per heavy atom. The first-order valence-corrected chi connectivity index (χ1v) is 3.29. The maximum atomic E-state index is 4.02. The summed E-state index contributed by atoms with van der Waals surface area (Å²) >= 11 is 1.22. The SMILES string of the molecule is [c]1cccc2nsnc12.